The molecule has 2 rings (SSSR count). The van der Waals surface area contributed by atoms with E-state index in [1.54, 1.807) is 11.8 Å². The highest BCUT2D eigenvalue weighted by atomic mass is 32.2. The SMILES string of the molecule is CSCCC(N)c1nc(C2COCCO2)no1. The van der Waals surface area contributed by atoms with E-state index in [4.69, 9.17) is 19.7 Å². The van der Waals surface area contributed by atoms with Gasteiger partial charge in [0.15, 0.2) is 0 Å². The summed E-state index contributed by atoms with van der Waals surface area (Å²) in [4.78, 5) is 4.27. The van der Waals surface area contributed by atoms with Crippen molar-refractivity contribution in [2.75, 3.05) is 31.8 Å². The van der Waals surface area contributed by atoms with E-state index in [2.05, 4.69) is 10.1 Å². The Kier molecular flexibility index (Phi) is 4.78. The molecule has 1 aliphatic heterocycles. The molecule has 2 heterocycles. The molecule has 17 heavy (non-hydrogen) atoms. The molecule has 0 amide bonds. The number of ether oxygens (including phenoxy) is 2. The largest absolute Gasteiger partial charge is 0.376 e. The van der Waals surface area contributed by atoms with Crippen LogP contribution in [0.4, 0.5) is 0 Å². The van der Waals surface area contributed by atoms with Crippen molar-refractivity contribution >= 4 is 11.8 Å². The Hall–Kier alpha value is -0.630. The summed E-state index contributed by atoms with van der Waals surface area (Å²) in [7, 11) is 0. The summed E-state index contributed by atoms with van der Waals surface area (Å²) in [5.74, 6) is 1.98. The minimum Gasteiger partial charge on any atom is -0.376 e. The summed E-state index contributed by atoms with van der Waals surface area (Å²) in [6, 6.07) is -0.201. The Morgan fingerprint density at radius 2 is 2.41 bits per heavy atom. The van der Waals surface area contributed by atoms with Gasteiger partial charge < -0.3 is 19.7 Å². The molecule has 2 atom stereocenters. The van der Waals surface area contributed by atoms with E-state index in [0.29, 0.717) is 31.5 Å². The van der Waals surface area contributed by atoms with E-state index >= 15 is 0 Å². The highest BCUT2D eigenvalue weighted by Gasteiger charge is 2.23. The molecule has 2 unspecified atom stereocenters. The van der Waals surface area contributed by atoms with Crippen LogP contribution >= 0.6 is 11.8 Å². The van der Waals surface area contributed by atoms with Crippen LogP contribution < -0.4 is 5.73 Å². The van der Waals surface area contributed by atoms with Gasteiger partial charge in [0.25, 0.3) is 0 Å². The van der Waals surface area contributed by atoms with Crippen molar-refractivity contribution in [2.24, 2.45) is 5.73 Å². The molecule has 0 bridgehead atoms. The predicted octanol–water partition coefficient (Wildman–Crippen LogP) is 0.910. The number of nitrogens with zero attached hydrogens (tertiary/aromatic N) is 2. The Morgan fingerprint density at radius 1 is 1.53 bits per heavy atom. The molecule has 1 aliphatic rings. The Balaban J connectivity index is 1.94. The lowest BCUT2D eigenvalue weighted by Gasteiger charge is -2.19. The maximum absolute atomic E-state index is 5.94. The van der Waals surface area contributed by atoms with Crippen molar-refractivity contribution in [3.05, 3.63) is 11.7 Å². The molecule has 0 aromatic carbocycles. The smallest absolute Gasteiger partial charge is 0.243 e. The van der Waals surface area contributed by atoms with Crippen LogP contribution in [0.15, 0.2) is 4.52 Å². The number of nitrogens with two attached hydrogens (primary N) is 1. The van der Waals surface area contributed by atoms with E-state index in [9.17, 15) is 0 Å². The maximum Gasteiger partial charge on any atom is 0.243 e. The first-order chi connectivity index (χ1) is 8.31. The molecule has 0 saturated carbocycles. The number of thioether (sulfide) groups is 1. The van der Waals surface area contributed by atoms with Gasteiger partial charge in [-0.05, 0) is 18.4 Å². The predicted molar refractivity (Wildman–Crippen MR) is 63.7 cm³/mol. The minimum absolute atomic E-state index is 0.201. The van der Waals surface area contributed by atoms with Crippen LogP contribution in [0.5, 0.6) is 0 Å². The maximum atomic E-state index is 5.94. The normalized spacial score (nSPS) is 22.6. The van der Waals surface area contributed by atoms with Gasteiger partial charge in [-0.1, -0.05) is 5.16 Å². The number of hydrogen-bond donors (Lipinski definition) is 1. The molecule has 1 saturated heterocycles. The fourth-order valence-corrected chi connectivity index (χ4v) is 2.02. The van der Waals surface area contributed by atoms with Gasteiger partial charge in [-0.3, -0.25) is 0 Å². The Labute approximate surface area is 104 Å². The molecular formula is C10H17N3O3S. The van der Waals surface area contributed by atoms with Crippen LogP contribution in [-0.2, 0) is 9.47 Å². The molecule has 6 nitrogen and oxygen atoms in total. The van der Waals surface area contributed by atoms with E-state index in [-0.39, 0.29) is 12.1 Å². The lowest BCUT2D eigenvalue weighted by atomic mass is 10.2. The van der Waals surface area contributed by atoms with Crippen molar-refractivity contribution in [1.29, 1.82) is 0 Å². The summed E-state index contributed by atoms with van der Waals surface area (Å²) >= 11 is 1.74. The quantitative estimate of drug-likeness (QED) is 0.841. The van der Waals surface area contributed by atoms with Crippen LogP contribution in [0.3, 0.4) is 0 Å². The summed E-state index contributed by atoms with van der Waals surface area (Å²) < 4.78 is 15.9. The highest BCUT2D eigenvalue weighted by Crippen LogP contribution is 2.20. The van der Waals surface area contributed by atoms with Gasteiger partial charge in [-0.15, -0.1) is 0 Å². The van der Waals surface area contributed by atoms with E-state index in [0.717, 1.165) is 12.2 Å². The Morgan fingerprint density at radius 3 is 3.12 bits per heavy atom. The topological polar surface area (TPSA) is 83.4 Å². The second kappa shape index (κ2) is 6.34. The second-order valence-electron chi connectivity index (χ2n) is 3.81. The first-order valence-corrected chi connectivity index (χ1v) is 6.98. The minimum atomic E-state index is -0.228. The van der Waals surface area contributed by atoms with Crippen LogP contribution in [0.2, 0.25) is 0 Å². The van der Waals surface area contributed by atoms with Gasteiger partial charge >= 0.3 is 0 Å². The van der Waals surface area contributed by atoms with Crippen molar-refractivity contribution in [3.8, 4) is 0 Å². The van der Waals surface area contributed by atoms with Crippen LogP contribution in [-0.4, -0.2) is 42.0 Å². The lowest BCUT2D eigenvalue weighted by Crippen LogP contribution is -2.23. The highest BCUT2D eigenvalue weighted by molar-refractivity contribution is 7.98. The molecule has 2 N–H and O–H groups in total. The van der Waals surface area contributed by atoms with Gasteiger partial charge in [0.05, 0.1) is 25.9 Å². The molecule has 1 aromatic rings. The number of rotatable bonds is 5. The van der Waals surface area contributed by atoms with Gasteiger partial charge in [-0.2, -0.15) is 16.7 Å². The van der Waals surface area contributed by atoms with Crippen molar-refractivity contribution in [1.82, 2.24) is 10.1 Å². The molecule has 0 spiro atoms. The second-order valence-corrected chi connectivity index (χ2v) is 4.80. The van der Waals surface area contributed by atoms with Crippen molar-refractivity contribution in [2.45, 2.75) is 18.6 Å². The molecule has 7 heteroatoms. The fourth-order valence-electron chi connectivity index (χ4n) is 1.53. The summed E-state index contributed by atoms with van der Waals surface area (Å²) in [5.41, 5.74) is 5.94. The molecule has 1 fully saturated rings. The fraction of sp³-hybridized carbons (Fsp3) is 0.800. The first kappa shape index (κ1) is 12.8. The van der Waals surface area contributed by atoms with Gasteiger partial charge in [0, 0.05) is 0 Å². The van der Waals surface area contributed by atoms with Gasteiger partial charge in [-0.25, -0.2) is 0 Å². The van der Waals surface area contributed by atoms with E-state index in [1.165, 1.54) is 0 Å². The Bertz CT molecular complexity index is 341. The lowest BCUT2D eigenvalue weighted by molar-refractivity contribution is -0.0941. The molecule has 0 radical (unpaired) electrons. The average Bonchev–Trinajstić information content (AvgIpc) is 2.86. The standard InChI is InChI=1S/C10H17N3O3S/c1-17-5-2-7(11)10-12-9(13-16-10)8-6-14-3-4-15-8/h7-8H,2-6,11H2,1H3. The monoisotopic (exact) mass is 259 g/mol. The molecule has 1 aromatic heterocycles. The third kappa shape index (κ3) is 3.41. The van der Waals surface area contributed by atoms with Crippen molar-refractivity contribution in [3.63, 3.8) is 0 Å². The number of aromatic nitrogens is 2. The van der Waals surface area contributed by atoms with E-state index < -0.39 is 0 Å². The zero-order valence-electron chi connectivity index (χ0n) is 9.80. The number of hydrogen-bond acceptors (Lipinski definition) is 7. The van der Waals surface area contributed by atoms with Crippen LogP contribution in [0.25, 0.3) is 0 Å². The first-order valence-electron chi connectivity index (χ1n) is 5.58. The van der Waals surface area contributed by atoms with E-state index in [1.807, 2.05) is 6.26 Å². The zero-order chi connectivity index (χ0) is 12.1. The zero-order valence-corrected chi connectivity index (χ0v) is 10.6. The van der Waals surface area contributed by atoms with Gasteiger partial charge in [0.2, 0.25) is 11.7 Å². The molecule has 0 aliphatic carbocycles. The van der Waals surface area contributed by atoms with Crippen molar-refractivity contribution < 1.29 is 14.0 Å². The molecular weight excluding hydrogens is 242 g/mol. The third-order valence-electron chi connectivity index (χ3n) is 2.51. The summed E-state index contributed by atoms with van der Waals surface area (Å²) in [5, 5.41) is 3.89. The van der Waals surface area contributed by atoms with Gasteiger partial charge in [0.1, 0.15) is 6.10 Å². The molecule has 96 valence electrons. The van der Waals surface area contributed by atoms with Crippen LogP contribution in [0.1, 0.15) is 30.3 Å². The third-order valence-corrected chi connectivity index (χ3v) is 3.16. The van der Waals surface area contributed by atoms with Crippen LogP contribution in [0, 0.1) is 0 Å². The summed E-state index contributed by atoms with van der Waals surface area (Å²) in [6.45, 7) is 1.65. The average molecular weight is 259 g/mol. The summed E-state index contributed by atoms with van der Waals surface area (Å²) in [6.07, 6.45) is 2.64.